The number of nitrogens with zero attached hydrogens (tertiary/aromatic N) is 3. The highest BCUT2D eigenvalue weighted by Crippen LogP contribution is 2.26. The summed E-state index contributed by atoms with van der Waals surface area (Å²) < 4.78 is 25.9. The van der Waals surface area contributed by atoms with Crippen molar-refractivity contribution in [2.75, 3.05) is 5.75 Å². The van der Waals surface area contributed by atoms with E-state index >= 15 is 0 Å². The standard InChI is InChI=1S/C20H18ClN3O2S/c21-17-10-8-15(9-11-17)20-16(13-22-19-7-4-12-27(19,25)26)14-24(23-20)18-5-2-1-3-6-18/h1-3,5-6,8-11,13-14,19H,4,7,12H2. The van der Waals surface area contributed by atoms with Crippen LogP contribution in [0.5, 0.6) is 0 Å². The number of benzene rings is 2. The molecule has 1 unspecified atom stereocenters. The summed E-state index contributed by atoms with van der Waals surface area (Å²) in [6, 6.07) is 17.1. The Morgan fingerprint density at radius 1 is 1.11 bits per heavy atom. The molecule has 1 aliphatic rings. The average molecular weight is 400 g/mol. The molecule has 4 rings (SSSR count). The van der Waals surface area contributed by atoms with Gasteiger partial charge in [-0.15, -0.1) is 0 Å². The molecule has 2 aromatic carbocycles. The van der Waals surface area contributed by atoms with Crippen molar-refractivity contribution in [3.8, 4) is 16.9 Å². The molecular formula is C20H18ClN3O2S. The molecule has 0 spiro atoms. The smallest absolute Gasteiger partial charge is 0.173 e. The van der Waals surface area contributed by atoms with Crippen molar-refractivity contribution in [2.24, 2.45) is 4.99 Å². The molecule has 1 atom stereocenters. The summed E-state index contributed by atoms with van der Waals surface area (Å²) in [6.45, 7) is 0. The van der Waals surface area contributed by atoms with E-state index in [-0.39, 0.29) is 5.75 Å². The van der Waals surface area contributed by atoms with Crippen molar-refractivity contribution in [1.82, 2.24) is 9.78 Å². The Kier molecular flexibility index (Phi) is 4.85. The first-order valence-electron chi connectivity index (χ1n) is 8.69. The van der Waals surface area contributed by atoms with E-state index < -0.39 is 15.2 Å². The maximum Gasteiger partial charge on any atom is 0.173 e. The van der Waals surface area contributed by atoms with Crippen LogP contribution in [0.1, 0.15) is 18.4 Å². The fraction of sp³-hybridized carbons (Fsp3) is 0.200. The van der Waals surface area contributed by atoms with Crippen molar-refractivity contribution in [3.63, 3.8) is 0 Å². The molecule has 5 nitrogen and oxygen atoms in total. The summed E-state index contributed by atoms with van der Waals surface area (Å²) in [5.74, 6) is 0.211. The summed E-state index contributed by atoms with van der Waals surface area (Å²) in [5.41, 5.74) is 3.31. The largest absolute Gasteiger partial charge is 0.273 e. The molecule has 7 heteroatoms. The first-order valence-corrected chi connectivity index (χ1v) is 10.8. The van der Waals surface area contributed by atoms with Gasteiger partial charge in [0.05, 0.1) is 11.4 Å². The lowest BCUT2D eigenvalue weighted by atomic mass is 10.1. The molecule has 0 N–H and O–H groups in total. The van der Waals surface area contributed by atoms with Crippen molar-refractivity contribution in [3.05, 3.63) is 71.4 Å². The Balaban J connectivity index is 1.76. The molecule has 0 saturated carbocycles. The predicted octanol–water partition coefficient (Wildman–Crippen LogP) is 4.15. The third-order valence-corrected chi connectivity index (χ3v) is 6.85. The molecule has 0 radical (unpaired) electrons. The summed E-state index contributed by atoms with van der Waals surface area (Å²) in [7, 11) is -3.13. The average Bonchev–Trinajstić information content (AvgIpc) is 3.24. The number of hydrogen-bond donors (Lipinski definition) is 0. The number of aromatic nitrogens is 2. The van der Waals surface area contributed by atoms with Gasteiger partial charge < -0.3 is 0 Å². The van der Waals surface area contributed by atoms with Crippen LogP contribution in [0.2, 0.25) is 5.02 Å². The number of sulfone groups is 1. The van der Waals surface area contributed by atoms with Gasteiger partial charge in [-0.3, -0.25) is 4.99 Å². The third kappa shape index (κ3) is 3.82. The van der Waals surface area contributed by atoms with Crippen molar-refractivity contribution >= 4 is 27.7 Å². The summed E-state index contributed by atoms with van der Waals surface area (Å²) in [5, 5.41) is 4.68. The van der Waals surface area contributed by atoms with E-state index in [0.717, 1.165) is 22.5 Å². The minimum atomic E-state index is -3.13. The highest BCUT2D eigenvalue weighted by molar-refractivity contribution is 7.92. The summed E-state index contributed by atoms with van der Waals surface area (Å²) >= 11 is 6.00. The van der Waals surface area contributed by atoms with Gasteiger partial charge in [-0.1, -0.05) is 41.9 Å². The quantitative estimate of drug-likeness (QED) is 0.619. The Morgan fingerprint density at radius 2 is 1.85 bits per heavy atom. The zero-order valence-electron chi connectivity index (χ0n) is 14.5. The van der Waals surface area contributed by atoms with E-state index in [2.05, 4.69) is 4.99 Å². The van der Waals surface area contributed by atoms with Crippen LogP contribution in [0.3, 0.4) is 0 Å². The molecule has 1 saturated heterocycles. The lowest BCUT2D eigenvalue weighted by Gasteiger charge is -2.02. The van der Waals surface area contributed by atoms with Crippen molar-refractivity contribution in [1.29, 1.82) is 0 Å². The SMILES string of the molecule is O=S1(=O)CCCC1N=Cc1cn(-c2ccccc2)nc1-c1ccc(Cl)cc1. The Labute approximate surface area is 163 Å². The van der Waals surface area contributed by atoms with E-state index in [4.69, 9.17) is 16.7 Å². The van der Waals surface area contributed by atoms with Crippen LogP contribution in [0.25, 0.3) is 16.9 Å². The van der Waals surface area contributed by atoms with Gasteiger partial charge in [-0.25, -0.2) is 13.1 Å². The number of rotatable bonds is 4. The van der Waals surface area contributed by atoms with Gasteiger partial charge in [-0.2, -0.15) is 5.10 Å². The highest BCUT2D eigenvalue weighted by atomic mass is 35.5. The molecule has 1 aliphatic heterocycles. The van der Waals surface area contributed by atoms with Gasteiger partial charge >= 0.3 is 0 Å². The van der Waals surface area contributed by atoms with Crippen LogP contribution in [0, 0.1) is 0 Å². The summed E-state index contributed by atoms with van der Waals surface area (Å²) in [4.78, 5) is 4.36. The van der Waals surface area contributed by atoms with E-state index in [1.807, 2.05) is 48.7 Å². The lowest BCUT2D eigenvalue weighted by Crippen LogP contribution is -2.13. The number of halogens is 1. The fourth-order valence-corrected chi connectivity index (χ4v) is 4.87. The summed E-state index contributed by atoms with van der Waals surface area (Å²) in [6.07, 6.45) is 4.73. The number of hydrogen-bond acceptors (Lipinski definition) is 4. The zero-order chi connectivity index (χ0) is 18.9. The number of para-hydroxylation sites is 1. The van der Waals surface area contributed by atoms with Crippen LogP contribution < -0.4 is 0 Å². The van der Waals surface area contributed by atoms with Gasteiger partial charge in [0.2, 0.25) is 0 Å². The molecule has 138 valence electrons. The second-order valence-corrected chi connectivity index (χ2v) is 9.18. The van der Waals surface area contributed by atoms with Gasteiger partial charge in [0.1, 0.15) is 5.69 Å². The van der Waals surface area contributed by atoms with E-state index in [1.54, 1.807) is 23.0 Å². The maximum absolute atomic E-state index is 12.1. The third-order valence-electron chi connectivity index (χ3n) is 4.56. The first kappa shape index (κ1) is 17.9. The molecule has 1 fully saturated rings. The van der Waals surface area contributed by atoms with E-state index in [0.29, 0.717) is 17.9 Å². The minimum absolute atomic E-state index is 0.211. The van der Waals surface area contributed by atoms with Crippen LogP contribution in [-0.2, 0) is 9.84 Å². The second kappa shape index (κ2) is 7.29. The van der Waals surface area contributed by atoms with Gasteiger partial charge in [0, 0.05) is 28.6 Å². The molecule has 27 heavy (non-hydrogen) atoms. The van der Waals surface area contributed by atoms with E-state index in [9.17, 15) is 8.42 Å². The van der Waals surface area contributed by atoms with E-state index in [1.165, 1.54) is 0 Å². The van der Waals surface area contributed by atoms with Crippen molar-refractivity contribution in [2.45, 2.75) is 18.2 Å². The lowest BCUT2D eigenvalue weighted by molar-refractivity contribution is 0.591. The Hall–Kier alpha value is -2.44. The molecule has 3 aromatic rings. The number of aliphatic imine (C=N–C) groups is 1. The molecule has 0 aliphatic carbocycles. The molecular weight excluding hydrogens is 382 g/mol. The van der Waals surface area contributed by atoms with Crippen LogP contribution in [-0.4, -0.2) is 35.5 Å². The highest BCUT2D eigenvalue weighted by Gasteiger charge is 2.30. The normalized spacial score (nSPS) is 18.9. The molecule has 1 aromatic heterocycles. The first-order chi connectivity index (χ1) is 13.0. The predicted molar refractivity (Wildman–Crippen MR) is 108 cm³/mol. The van der Waals surface area contributed by atoms with Crippen molar-refractivity contribution < 1.29 is 8.42 Å². The van der Waals surface area contributed by atoms with Gasteiger partial charge in [0.15, 0.2) is 15.2 Å². The minimum Gasteiger partial charge on any atom is -0.273 e. The Morgan fingerprint density at radius 3 is 2.52 bits per heavy atom. The Bertz CT molecular complexity index is 1070. The molecule has 2 heterocycles. The fourth-order valence-electron chi connectivity index (χ4n) is 3.13. The van der Waals surface area contributed by atoms with Crippen LogP contribution in [0.15, 0.2) is 65.8 Å². The maximum atomic E-state index is 12.1. The van der Waals surface area contributed by atoms with Crippen LogP contribution in [0.4, 0.5) is 0 Å². The van der Waals surface area contributed by atoms with Gasteiger partial charge in [0.25, 0.3) is 0 Å². The zero-order valence-corrected chi connectivity index (χ0v) is 16.1. The van der Waals surface area contributed by atoms with Crippen LogP contribution >= 0.6 is 11.6 Å². The molecule has 0 amide bonds. The second-order valence-electron chi connectivity index (χ2n) is 6.46. The monoisotopic (exact) mass is 399 g/mol. The van der Waals surface area contributed by atoms with Gasteiger partial charge in [-0.05, 0) is 37.1 Å². The molecule has 0 bridgehead atoms. The topological polar surface area (TPSA) is 64.3 Å².